The third-order valence-corrected chi connectivity index (χ3v) is 7.04. The predicted octanol–water partition coefficient (Wildman–Crippen LogP) is 5.37. The van der Waals surface area contributed by atoms with Crippen LogP contribution in [0.5, 0.6) is 0 Å². The van der Waals surface area contributed by atoms with Crippen LogP contribution in [-0.2, 0) is 0 Å². The van der Waals surface area contributed by atoms with Crippen molar-refractivity contribution in [2.24, 2.45) is 4.99 Å². The fraction of sp³-hybridized carbons (Fsp3) is 0.562. The normalized spacial score (nSPS) is 18.1. The topological polar surface area (TPSA) is 12.4 Å². The van der Waals surface area contributed by atoms with E-state index in [1.165, 1.54) is 42.6 Å². The maximum atomic E-state index is 4.82. The highest BCUT2D eigenvalue weighted by molar-refractivity contribution is 8.28. The maximum Gasteiger partial charge on any atom is 0.114 e. The van der Waals surface area contributed by atoms with Crippen LogP contribution in [0, 0.1) is 0 Å². The molecular formula is C16H25NSSi. The molecule has 19 heavy (non-hydrogen) atoms. The Morgan fingerprint density at radius 2 is 1.79 bits per heavy atom. The van der Waals surface area contributed by atoms with Gasteiger partial charge in [0.15, 0.2) is 0 Å². The lowest BCUT2D eigenvalue weighted by atomic mass is 9.96. The fourth-order valence-electron chi connectivity index (χ4n) is 2.43. The van der Waals surface area contributed by atoms with Crippen molar-refractivity contribution in [1.82, 2.24) is 0 Å². The summed E-state index contributed by atoms with van der Waals surface area (Å²) in [6.45, 7) is 7.19. The van der Waals surface area contributed by atoms with Crippen molar-refractivity contribution in [2.45, 2.75) is 62.7 Å². The van der Waals surface area contributed by atoms with Gasteiger partial charge in [-0.3, -0.25) is 4.99 Å². The van der Waals surface area contributed by atoms with Crippen LogP contribution in [0.2, 0.25) is 19.6 Å². The van der Waals surface area contributed by atoms with E-state index in [4.69, 9.17) is 4.99 Å². The molecule has 0 amide bonds. The monoisotopic (exact) mass is 291 g/mol. The largest absolute Gasteiger partial charge is 0.289 e. The molecule has 1 fully saturated rings. The fourth-order valence-corrected chi connectivity index (χ4v) is 6.01. The van der Waals surface area contributed by atoms with Gasteiger partial charge in [0.2, 0.25) is 0 Å². The second-order valence-electron chi connectivity index (χ2n) is 6.32. The number of aliphatic imine (C=N–C) groups is 1. The highest BCUT2D eigenvalue weighted by Gasteiger charge is 2.16. The van der Waals surface area contributed by atoms with Gasteiger partial charge < -0.3 is 0 Å². The lowest BCUT2D eigenvalue weighted by Gasteiger charge is -2.18. The van der Waals surface area contributed by atoms with E-state index in [1.807, 2.05) is 0 Å². The van der Waals surface area contributed by atoms with Crippen LogP contribution < -0.4 is 0 Å². The summed E-state index contributed by atoms with van der Waals surface area (Å²) in [4.78, 5) is 6.23. The Labute approximate surface area is 122 Å². The highest BCUT2D eigenvalue weighted by atomic mass is 32.4. The highest BCUT2D eigenvalue weighted by Crippen LogP contribution is 2.31. The molecular weight excluding hydrogens is 266 g/mol. The minimum absolute atomic E-state index is 0.568. The zero-order valence-electron chi connectivity index (χ0n) is 12.4. The zero-order valence-corrected chi connectivity index (χ0v) is 14.2. The molecule has 0 N–H and O–H groups in total. The molecule has 0 aromatic heterocycles. The molecule has 0 saturated heterocycles. The molecule has 2 rings (SSSR count). The van der Waals surface area contributed by atoms with Gasteiger partial charge in [-0.2, -0.15) is 11.2 Å². The van der Waals surface area contributed by atoms with Crippen molar-refractivity contribution in [2.75, 3.05) is 0 Å². The first-order valence-corrected chi connectivity index (χ1v) is 12.4. The van der Waals surface area contributed by atoms with E-state index in [2.05, 4.69) is 61.3 Å². The van der Waals surface area contributed by atoms with Crippen molar-refractivity contribution in [3.63, 3.8) is 0 Å². The Kier molecular flexibility index (Phi) is 5.28. The summed E-state index contributed by atoms with van der Waals surface area (Å²) in [6, 6.07) is 9.27. The van der Waals surface area contributed by atoms with Gasteiger partial charge in [-0.15, -0.1) is 0 Å². The Morgan fingerprint density at radius 3 is 2.47 bits per heavy atom. The van der Waals surface area contributed by atoms with Crippen LogP contribution in [0.25, 0.3) is 0 Å². The number of rotatable bonds is 4. The first-order chi connectivity index (χ1) is 9.04. The molecule has 1 nitrogen and oxygen atoms in total. The summed E-state index contributed by atoms with van der Waals surface area (Å²) in [5, 5.41) is 0. The van der Waals surface area contributed by atoms with Crippen LogP contribution in [0.1, 0.15) is 37.7 Å². The summed E-state index contributed by atoms with van der Waals surface area (Å²) in [5.41, 5.74) is 1.31. The first-order valence-electron chi connectivity index (χ1n) is 7.36. The van der Waals surface area contributed by atoms with Gasteiger partial charge in [0.05, 0.1) is 0 Å². The van der Waals surface area contributed by atoms with E-state index >= 15 is 0 Å². The second-order valence-corrected chi connectivity index (χ2v) is 15.5. The van der Waals surface area contributed by atoms with Crippen LogP contribution in [0.4, 0.5) is 0 Å². The lowest BCUT2D eigenvalue weighted by molar-refractivity contribution is 0.444. The number of nitrogens with zero attached hydrogens (tertiary/aromatic N) is 1. The van der Waals surface area contributed by atoms with Gasteiger partial charge in [0.25, 0.3) is 0 Å². The van der Waals surface area contributed by atoms with Crippen LogP contribution in [0.15, 0.2) is 34.2 Å². The zero-order chi connectivity index (χ0) is 13.7. The summed E-state index contributed by atoms with van der Waals surface area (Å²) >= 11 is 2.06. The van der Waals surface area contributed by atoms with Gasteiger partial charge in [-0.05, 0) is 18.9 Å². The summed E-state index contributed by atoms with van der Waals surface area (Å²) < 4.78 is 0. The third kappa shape index (κ3) is 5.15. The predicted molar refractivity (Wildman–Crippen MR) is 90.1 cm³/mol. The van der Waals surface area contributed by atoms with Crippen molar-refractivity contribution in [3.8, 4) is 0 Å². The van der Waals surface area contributed by atoms with E-state index in [0.29, 0.717) is 6.04 Å². The molecule has 0 unspecified atom stereocenters. The van der Waals surface area contributed by atoms with Crippen molar-refractivity contribution in [3.05, 3.63) is 29.8 Å². The van der Waals surface area contributed by atoms with Gasteiger partial charge in [0.1, 0.15) is 7.22 Å². The standard InChI is InChI=1S/C16H25NSSi/c1-19(2,3)18-16-12-8-7-9-14(16)13-17-15-10-5-4-6-11-15/h7-9,12-13,15H,4-6,10-11H2,1-3H3/b17-13-. The average Bonchev–Trinajstić information content (AvgIpc) is 2.37. The van der Waals surface area contributed by atoms with Crippen molar-refractivity contribution < 1.29 is 0 Å². The molecule has 0 spiro atoms. The minimum atomic E-state index is -1.14. The molecule has 104 valence electrons. The molecule has 0 atom stereocenters. The molecule has 0 aliphatic heterocycles. The van der Waals surface area contributed by atoms with Crippen molar-refractivity contribution >= 4 is 24.6 Å². The third-order valence-electron chi connectivity index (χ3n) is 3.33. The summed E-state index contributed by atoms with van der Waals surface area (Å²) in [5.74, 6) is 0. The molecule has 1 aliphatic rings. The van der Waals surface area contributed by atoms with E-state index in [0.717, 1.165) is 0 Å². The summed E-state index contributed by atoms with van der Waals surface area (Å²) in [6.07, 6.45) is 8.78. The SMILES string of the molecule is C[Si](C)(C)Sc1ccccc1/C=N\C1CCCCC1. The van der Waals surface area contributed by atoms with E-state index < -0.39 is 7.22 Å². The Bertz CT molecular complexity index is 431. The van der Waals surface area contributed by atoms with Gasteiger partial charge in [0, 0.05) is 22.7 Å². The van der Waals surface area contributed by atoms with Gasteiger partial charge >= 0.3 is 0 Å². The molecule has 3 heteroatoms. The van der Waals surface area contributed by atoms with Crippen LogP contribution >= 0.6 is 11.2 Å². The van der Waals surface area contributed by atoms with Crippen molar-refractivity contribution in [1.29, 1.82) is 0 Å². The molecule has 1 aliphatic carbocycles. The quantitative estimate of drug-likeness (QED) is 0.537. The van der Waals surface area contributed by atoms with E-state index in [-0.39, 0.29) is 0 Å². The first kappa shape index (κ1) is 14.9. The van der Waals surface area contributed by atoms with Crippen LogP contribution in [0.3, 0.4) is 0 Å². The molecule has 1 aromatic carbocycles. The molecule has 0 bridgehead atoms. The summed E-state index contributed by atoms with van der Waals surface area (Å²) in [7, 11) is -1.14. The number of benzene rings is 1. The minimum Gasteiger partial charge on any atom is -0.289 e. The smallest absolute Gasteiger partial charge is 0.114 e. The maximum absolute atomic E-state index is 4.82. The number of hydrogen-bond acceptors (Lipinski definition) is 2. The average molecular weight is 292 g/mol. The molecule has 0 heterocycles. The molecule has 1 saturated carbocycles. The van der Waals surface area contributed by atoms with E-state index in [1.54, 1.807) is 0 Å². The van der Waals surface area contributed by atoms with Crippen LogP contribution in [-0.4, -0.2) is 19.5 Å². The molecule has 0 radical (unpaired) electrons. The lowest BCUT2D eigenvalue weighted by Crippen LogP contribution is -2.14. The van der Waals surface area contributed by atoms with E-state index in [9.17, 15) is 0 Å². The Balaban J connectivity index is 2.08. The Morgan fingerprint density at radius 1 is 1.11 bits per heavy atom. The number of hydrogen-bond donors (Lipinski definition) is 0. The second kappa shape index (κ2) is 6.75. The van der Waals surface area contributed by atoms with Gasteiger partial charge in [-0.25, -0.2) is 0 Å². The van der Waals surface area contributed by atoms with Gasteiger partial charge in [-0.1, -0.05) is 57.1 Å². The molecule has 1 aromatic rings. The Hall–Kier alpha value is -0.543.